The van der Waals surface area contributed by atoms with Gasteiger partial charge in [0.05, 0.1) is 11.8 Å². The van der Waals surface area contributed by atoms with E-state index in [1.165, 1.54) is 5.56 Å². The average molecular weight is 427 g/mol. The van der Waals surface area contributed by atoms with Gasteiger partial charge in [-0.15, -0.1) is 6.42 Å². The number of terminal acetylenes is 1. The molecule has 164 valence electrons. The van der Waals surface area contributed by atoms with Crippen molar-refractivity contribution in [2.75, 3.05) is 31.1 Å². The Hall–Kier alpha value is -2.86. The molecule has 0 spiro atoms. The number of fused-ring (bicyclic) bond motifs is 3. The van der Waals surface area contributed by atoms with Crippen LogP contribution in [0.4, 0.5) is 5.82 Å². The van der Waals surface area contributed by atoms with Crippen LogP contribution in [0.2, 0.25) is 0 Å². The molecule has 6 rings (SSSR count). The first kappa shape index (κ1) is 21.0. The van der Waals surface area contributed by atoms with E-state index in [0.717, 1.165) is 68.9 Å². The molecule has 2 unspecified atom stereocenters. The zero-order chi connectivity index (χ0) is 22.1. The average Bonchev–Trinajstić information content (AvgIpc) is 2.85. The first-order chi connectivity index (χ1) is 15.6. The number of pyridine rings is 1. The highest BCUT2D eigenvalue weighted by Gasteiger charge is 2.54. The SMILES string of the molecule is C#CC1N2CCC(CC2)C1(O)c1ccc(N2CCC(C#N)CC2)nc1Cc1ccccc1. The highest BCUT2D eigenvalue weighted by Crippen LogP contribution is 2.48. The molecule has 0 saturated carbocycles. The number of hydrogen-bond donors (Lipinski definition) is 1. The fourth-order valence-electron chi connectivity index (χ4n) is 5.89. The summed E-state index contributed by atoms with van der Waals surface area (Å²) in [5.74, 6) is 4.13. The molecule has 4 aliphatic rings. The summed E-state index contributed by atoms with van der Waals surface area (Å²) in [5, 5.41) is 21.4. The van der Waals surface area contributed by atoms with Gasteiger partial charge < -0.3 is 10.0 Å². The third-order valence-electron chi connectivity index (χ3n) is 7.70. The van der Waals surface area contributed by atoms with Crippen LogP contribution in [-0.4, -0.2) is 47.2 Å². The standard InChI is InChI=1S/C27H30N4O/c1-2-25-27(32,22-12-16-30(25)17-13-22)23-8-9-26(31-14-10-21(19-28)11-15-31)29-24(23)18-20-6-4-3-5-7-20/h1,3-9,21-22,25,32H,10-18H2. The third kappa shape index (κ3) is 3.56. The van der Waals surface area contributed by atoms with Crippen molar-refractivity contribution in [2.24, 2.45) is 11.8 Å². The molecule has 1 aromatic carbocycles. The van der Waals surface area contributed by atoms with Crippen molar-refractivity contribution in [3.63, 3.8) is 0 Å². The number of anilines is 1. The summed E-state index contributed by atoms with van der Waals surface area (Å²) in [6.45, 7) is 3.58. The molecule has 32 heavy (non-hydrogen) atoms. The molecule has 1 aromatic heterocycles. The van der Waals surface area contributed by atoms with Gasteiger partial charge >= 0.3 is 0 Å². The normalized spacial score (nSPS) is 30.0. The molecule has 2 atom stereocenters. The molecule has 1 N–H and O–H groups in total. The Bertz CT molecular complexity index is 1040. The fraction of sp³-hybridized carbons (Fsp3) is 0.481. The van der Waals surface area contributed by atoms with Gasteiger partial charge in [0.25, 0.3) is 0 Å². The van der Waals surface area contributed by atoms with Crippen molar-refractivity contribution < 1.29 is 5.11 Å². The summed E-state index contributed by atoms with van der Waals surface area (Å²) in [5.41, 5.74) is 1.89. The highest BCUT2D eigenvalue weighted by molar-refractivity contribution is 5.47. The lowest BCUT2D eigenvalue weighted by Gasteiger charge is -2.54. The van der Waals surface area contributed by atoms with Crippen LogP contribution in [0.5, 0.6) is 0 Å². The first-order valence-corrected chi connectivity index (χ1v) is 11.7. The number of nitriles is 1. The van der Waals surface area contributed by atoms with Crippen LogP contribution in [0.25, 0.3) is 0 Å². The van der Waals surface area contributed by atoms with Crippen LogP contribution in [0.15, 0.2) is 42.5 Å². The van der Waals surface area contributed by atoms with Crippen molar-refractivity contribution >= 4 is 5.82 Å². The second kappa shape index (κ2) is 8.58. The molecule has 0 amide bonds. The smallest absolute Gasteiger partial charge is 0.128 e. The van der Waals surface area contributed by atoms with Crippen molar-refractivity contribution in [3.8, 4) is 18.4 Å². The minimum absolute atomic E-state index is 0.137. The third-order valence-corrected chi connectivity index (χ3v) is 7.70. The van der Waals surface area contributed by atoms with E-state index in [1.807, 2.05) is 24.3 Å². The first-order valence-electron chi connectivity index (χ1n) is 11.7. The zero-order valence-corrected chi connectivity index (χ0v) is 18.5. The van der Waals surface area contributed by atoms with Gasteiger partial charge in [-0.2, -0.15) is 5.26 Å². The van der Waals surface area contributed by atoms with Gasteiger partial charge in [-0.25, -0.2) is 4.98 Å². The van der Waals surface area contributed by atoms with Gasteiger partial charge in [0, 0.05) is 31.0 Å². The molecule has 5 heterocycles. The van der Waals surface area contributed by atoms with Gasteiger partial charge in [-0.05, 0) is 56.3 Å². The number of hydrogen-bond acceptors (Lipinski definition) is 5. The molecule has 0 radical (unpaired) electrons. The highest BCUT2D eigenvalue weighted by atomic mass is 16.3. The minimum atomic E-state index is -1.07. The Labute approximate surface area is 190 Å². The Morgan fingerprint density at radius 2 is 1.75 bits per heavy atom. The molecular weight excluding hydrogens is 396 g/mol. The quantitative estimate of drug-likeness (QED) is 0.760. The maximum absolute atomic E-state index is 12.1. The largest absolute Gasteiger partial charge is 0.382 e. The summed E-state index contributed by atoms with van der Waals surface area (Å²) >= 11 is 0. The van der Waals surface area contributed by atoms with E-state index < -0.39 is 5.60 Å². The van der Waals surface area contributed by atoms with E-state index >= 15 is 0 Å². The van der Waals surface area contributed by atoms with E-state index in [1.54, 1.807) is 0 Å². The number of piperidine rings is 4. The summed E-state index contributed by atoms with van der Waals surface area (Å²) in [6, 6.07) is 16.5. The molecule has 4 fully saturated rings. The van der Waals surface area contributed by atoms with Crippen LogP contribution in [0, 0.1) is 35.5 Å². The van der Waals surface area contributed by atoms with E-state index in [9.17, 15) is 10.4 Å². The maximum Gasteiger partial charge on any atom is 0.128 e. The second-order valence-electron chi connectivity index (χ2n) is 9.42. The Balaban J connectivity index is 1.55. The molecule has 5 heteroatoms. The molecule has 4 aliphatic heterocycles. The van der Waals surface area contributed by atoms with Crippen molar-refractivity contribution in [1.82, 2.24) is 9.88 Å². The number of rotatable bonds is 4. The minimum Gasteiger partial charge on any atom is -0.382 e. The van der Waals surface area contributed by atoms with Crippen LogP contribution in [-0.2, 0) is 12.0 Å². The van der Waals surface area contributed by atoms with Gasteiger partial charge in [-0.1, -0.05) is 42.3 Å². The summed E-state index contributed by atoms with van der Waals surface area (Å²) in [7, 11) is 0. The zero-order valence-electron chi connectivity index (χ0n) is 18.5. The van der Waals surface area contributed by atoms with E-state index in [2.05, 4.69) is 40.0 Å². The Morgan fingerprint density at radius 1 is 1.03 bits per heavy atom. The Morgan fingerprint density at radius 3 is 2.41 bits per heavy atom. The number of aliphatic hydroxyl groups is 1. The van der Waals surface area contributed by atoms with Crippen LogP contribution < -0.4 is 4.90 Å². The van der Waals surface area contributed by atoms with Gasteiger partial charge in [0.1, 0.15) is 17.5 Å². The van der Waals surface area contributed by atoms with Crippen LogP contribution >= 0.6 is 0 Å². The topological polar surface area (TPSA) is 63.4 Å². The van der Waals surface area contributed by atoms with E-state index in [-0.39, 0.29) is 17.9 Å². The van der Waals surface area contributed by atoms with E-state index in [4.69, 9.17) is 11.4 Å². The summed E-state index contributed by atoms with van der Waals surface area (Å²) < 4.78 is 0. The molecule has 0 aliphatic carbocycles. The lowest BCUT2D eigenvalue weighted by molar-refractivity contribution is -0.143. The molecule has 2 bridgehead atoms. The number of nitrogens with zero attached hydrogens (tertiary/aromatic N) is 4. The maximum atomic E-state index is 12.1. The fourth-order valence-corrected chi connectivity index (χ4v) is 5.89. The predicted octanol–water partition coefficient (Wildman–Crippen LogP) is 3.33. The van der Waals surface area contributed by atoms with Gasteiger partial charge in [0.2, 0.25) is 0 Å². The van der Waals surface area contributed by atoms with Crippen molar-refractivity contribution in [1.29, 1.82) is 5.26 Å². The molecule has 2 aromatic rings. The molecule has 5 nitrogen and oxygen atoms in total. The van der Waals surface area contributed by atoms with Gasteiger partial charge in [-0.3, -0.25) is 4.90 Å². The lowest BCUT2D eigenvalue weighted by Crippen LogP contribution is -2.63. The van der Waals surface area contributed by atoms with Gasteiger partial charge in [0.15, 0.2) is 0 Å². The second-order valence-corrected chi connectivity index (χ2v) is 9.42. The summed E-state index contributed by atoms with van der Waals surface area (Å²) in [6.07, 6.45) is 10.3. The number of aromatic nitrogens is 1. The van der Waals surface area contributed by atoms with Crippen LogP contribution in [0.3, 0.4) is 0 Å². The predicted molar refractivity (Wildman–Crippen MR) is 125 cm³/mol. The Kier molecular flexibility index (Phi) is 5.64. The number of benzene rings is 1. The summed E-state index contributed by atoms with van der Waals surface area (Å²) in [4.78, 5) is 9.64. The molecular formula is C27H30N4O. The van der Waals surface area contributed by atoms with Crippen molar-refractivity contribution in [3.05, 3.63) is 59.3 Å². The van der Waals surface area contributed by atoms with E-state index in [0.29, 0.717) is 6.42 Å². The monoisotopic (exact) mass is 426 g/mol. The van der Waals surface area contributed by atoms with Crippen LogP contribution in [0.1, 0.15) is 42.5 Å². The molecule has 4 saturated heterocycles. The van der Waals surface area contributed by atoms with Crippen molar-refractivity contribution in [2.45, 2.75) is 43.7 Å². The lowest BCUT2D eigenvalue weighted by atomic mass is 9.66.